The first-order valence-electron chi connectivity index (χ1n) is 6.90. The van der Waals surface area contributed by atoms with Crippen LogP contribution < -0.4 is 10.6 Å². The van der Waals surface area contributed by atoms with Gasteiger partial charge in [-0.15, -0.1) is 5.10 Å². The molecule has 5 nitrogen and oxygen atoms in total. The summed E-state index contributed by atoms with van der Waals surface area (Å²) in [4.78, 5) is 4.28. The number of anilines is 3. The second-order valence-corrected chi connectivity index (χ2v) is 5.18. The third kappa shape index (κ3) is 4.14. The van der Waals surface area contributed by atoms with Crippen molar-refractivity contribution in [2.75, 3.05) is 10.6 Å². The molecule has 2 N–H and O–H groups in total. The van der Waals surface area contributed by atoms with Crippen LogP contribution in [0.1, 0.15) is 5.56 Å². The molecule has 3 rings (SSSR count). The van der Waals surface area contributed by atoms with E-state index in [0.717, 1.165) is 5.69 Å². The Bertz CT molecular complexity index is 812. The Hall–Kier alpha value is -2.73. The van der Waals surface area contributed by atoms with Crippen LogP contribution in [0.15, 0.2) is 54.7 Å². The monoisotopic (exact) mass is 329 g/mol. The molecule has 1 heterocycles. The minimum Gasteiger partial charge on any atom is -0.349 e. The van der Waals surface area contributed by atoms with Gasteiger partial charge < -0.3 is 10.6 Å². The third-order valence-electron chi connectivity index (χ3n) is 3.05. The lowest BCUT2D eigenvalue weighted by Crippen LogP contribution is -2.07. The highest BCUT2D eigenvalue weighted by Gasteiger charge is 2.04. The summed E-state index contributed by atoms with van der Waals surface area (Å²) >= 11 is 5.94. The number of halogens is 2. The summed E-state index contributed by atoms with van der Waals surface area (Å²) in [5.41, 5.74) is 1.32. The van der Waals surface area contributed by atoms with Gasteiger partial charge in [-0.25, -0.2) is 4.39 Å². The average molecular weight is 330 g/mol. The van der Waals surface area contributed by atoms with Gasteiger partial charge >= 0.3 is 0 Å². The molecule has 0 radical (unpaired) electrons. The Labute approximate surface area is 137 Å². The standard InChI is InChI=1S/C16H13ClFN5/c17-12-5-3-6-13(8-12)21-15-10-20-23-16(22-15)19-9-11-4-1-2-7-14(11)18/h1-8,10H,9H2,(H2,19,21,22,23). The highest BCUT2D eigenvalue weighted by Crippen LogP contribution is 2.19. The van der Waals surface area contributed by atoms with Crippen LogP contribution >= 0.6 is 11.6 Å². The van der Waals surface area contributed by atoms with Crippen molar-refractivity contribution in [3.8, 4) is 0 Å². The number of nitrogens with zero attached hydrogens (tertiary/aromatic N) is 3. The van der Waals surface area contributed by atoms with Crippen molar-refractivity contribution >= 4 is 29.1 Å². The summed E-state index contributed by atoms with van der Waals surface area (Å²) in [7, 11) is 0. The number of nitrogens with one attached hydrogen (secondary N) is 2. The van der Waals surface area contributed by atoms with Gasteiger partial charge in [0.05, 0.1) is 6.20 Å². The van der Waals surface area contributed by atoms with Gasteiger partial charge in [0.2, 0.25) is 5.95 Å². The minimum absolute atomic E-state index is 0.273. The van der Waals surface area contributed by atoms with Gasteiger partial charge in [-0.05, 0) is 24.3 Å². The lowest BCUT2D eigenvalue weighted by atomic mass is 10.2. The molecule has 0 aliphatic heterocycles. The van der Waals surface area contributed by atoms with Gasteiger partial charge in [-0.2, -0.15) is 10.1 Å². The maximum atomic E-state index is 13.6. The van der Waals surface area contributed by atoms with E-state index in [0.29, 0.717) is 22.4 Å². The molecule has 23 heavy (non-hydrogen) atoms. The van der Waals surface area contributed by atoms with Gasteiger partial charge in [0, 0.05) is 22.8 Å². The van der Waals surface area contributed by atoms with E-state index in [1.54, 1.807) is 30.3 Å². The van der Waals surface area contributed by atoms with Gasteiger partial charge in [-0.1, -0.05) is 35.9 Å². The zero-order valence-corrected chi connectivity index (χ0v) is 12.8. The van der Waals surface area contributed by atoms with E-state index in [-0.39, 0.29) is 12.4 Å². The molecular formula is C16H13ClFN5. The molecule has 7 heteroatoms. The molecule has 0 saturated carbocycles. The molecule has 0 unspecified atom stereocenters. The fourth-order valence-corrected chi connectivity index (χ4v) is 2.16. The first-order valence-corrected chi connectivity index (χ1v) is 7.28. The van der Waals surface area contributed by atoms with Crippen molar-refractivity contribution in [1.82, 2.24) is 15.2 Å². The third-order valence-corrected chi connectivity index (χ3v) is 3.29. The summed E-state index contributed by atoms with van der Waals surface area (Å²) in [5.74, 6) is 0.541. The Morgan fingerprint density at radius 2 is 1.96 bits per heavy atom. The molecule has 0 aliphatic carbocycles. The number of aromatic nitrogens is 3. The van der Waals surface area contributed by atoms with Crippen LogP contribution in [0, 0.1) is 5.82 Å². The first-order chi connectivity index (χ1) is 11.2. The maximum Gasteiger partial charge on any atom is 0.244 e. The van der Waals surface area contributed by atoms with Gasteiger partial charge in [0.25, 0.3) is 0 Å². The molecule has 116 valence electrons. The fourth-order valence-electron chi connectivity index (χ4n) is 1.97. The normalized spacial score (nSPS) is 10.3. The van der Waals surface area contributed by atoms with Crippen molar-refractivity contribution in [1.29, 1.82) is 0 Å². The summed E-state index contributed by atoms with van der Waals surface area (Å²) in [5, 5.41) is 14.4. The molecule has 2 aromatic carbocycles. The highest BCUT2D eigenvalue weighted by molar-refractivity contribution is 6.30. The Morgan fingerprint density at radius 3 is 2.78 bits per heavy atom. The molecule has 0 fully saturated rings. The molecule has 0 spiro atoms. The number of benzene rings is 2. The lowest BCUT2D eigenvalue weighted by molar-refractivity contribution is 0.612. The molecule has 0 bridgehead atoms. The van der Waals surface area contributed by atoms with E-state index < -0.39 is 0 Å². The molecule has 0 aliphatic rings. The maximum absolute atomic E-state index is 13.6. The zero-order valence-electron chi connectivity index (χ0n) is 12.0. The predicted molar refractivity (Wildman–Crippen MR) is 88.3 cm³/mol. The lowest BCUT2D eigenvalue weighted by Gasteiger charge is -2.08. The van der Waals surface area contributed by atoms with Crippen LogP contribution in [-0.4, -0.2) is 15.2 Å². The van der Waals surface area contributed by atoms with Gasteiger partial charge in [0.15, 0.2) is 5.82 Å². The van der Waals surface area contributed by atoms with E-state index in [9.17, 15) is 4.39 Å². The molecule has 0 atom stereocenters. The van der Waals surface area contributed by atoms with E-state index in [1.807, 2.05) is 12.1 Å². The average Bonchev–Trinajstić information content (AvgIpc) is 2.54. The van der Waals surface area contributed by atoms with Crippen LogP contribution in [-0.2, 0) is 6.54 Å². The van der Waals surface area contributed by atoms with E-state index in [2.05, 4.69) is 25.8 Å². The first kappa shape index (κ1) is 15.2. The molecule has 0 saturated heterocycles. The van der Waals surface area contributed by atoms with Crippen molar-refractivity contribution in [3.63, 3.8) is 0 Å². The van der Waals surface area contributed by atoms with Crippen LogP contribution in [0.3, 0.4) is 0 Å². The van der Waals surface area contributed by atoms with E-state index >= 15 is 0 Å². The highest BCUT2D eigenvalue weighted by atomic mass is 35.5. The Balaban J connectivity index is 1.69. The van der Waals surface area contributed by atoms with Gasteiger partial charge in [-0.3, -0.25) is 0 Å². The number of hydrogen-bond acceptors (Lipinski definition) is 5. The molecule has 0 amide bonds. The van der Waals surface area contributed by atoms with Crippen molar-refractivity contribution < 1.29 is 4.39 Å². The summed E-state index contributed by atoms with van der Waals surface area (Å²) in [6, 6.07) is 13.8. The van der Waals surface area contributed by atoms with Crippen molar-refractivity contribution in [2.45, 2.75) is 6.54 Å². The quantitative estimate of drug-likeness (QED) is 0.740. The zero-order chi connectivity index (χ0) is 16.1. The number of hydrogen-bond donors (Lipinski definition) is 2. The topological polar surface area (TPSA) is 62.7 Å². The SMILES string of the molecule is Fc1ccccc1CNc1nncc(Nc2cccc(Cl)c2)n1. The van der Waals surface area contributed by atoms with Crippen LogP contribution in [0.2, 0.25) is 5.02 Å². The predicted octanol–water partition coefficient (Wildman–Crippen LogP) is 4.02. The smallest absolute Gasteiger partial charge is 0.244 e. The summed E-state index contributed by atoms with van der Waals surface area (Å²) in [6.45, 7) is 0.273. The Kier molecular flexibility index (Phi) is 4.63. The fraction of sp³-hybridized carbons (Fsp3) is 0.0625. The summed E-state index contributed by atoms with van der Waals surface area (Å²) in [6.07, 6.45) is 1.50. The van der Waals surface area contributed by atoms with Gasteiger partial charge in [0.1, 0.15) is 5.82 Å². The number of rotatable bonds is 5. The Morgan fingerprint density at radius 1 is 1.09 bits per heavy atom. The van der Waals surface area contributed by atoms with E-state index in [1.165, 1.54) is 12.3 Å². The van der Waals surface area contributed by atoms with Crippen molar-refractivity contribution in [2.24, 2.45) is 0 Å². The largest absolute Gasteiger partial charge is 0.349 e. The van der Waals surface area contributed by atoms with Crippen LogP contribution in [0.4, 0.5) is 21.8 Å². The molecule has 1 aromatic heterocycles. The van der Waals surface area contributed by atoms with E-state index in [4.69, 9.17) is 11.6 Å². The van der Waals surface area contributed by atoms with Crippen LogP contribution in [0.25, 0.3) is 0 Å². The minimum atomic E-state index is -0.277. The van der Waals surface area contributed by atoms with Crippen molar-refractivity contribution in [3.05, 3.63) is 71.1 Å². The van der Waals surface area contributed by atoms with Crippen LogP contribution in [0.5, 0.6) is 0 Å². The summed E-state index contributed by atoms with van der Waals surface area (Å²) < 4.78 is 13.6. The molecular weight excluding hydrogens is 317 g/mol. The second kappa shape index (κ2) is 7.02. The second-order valence-electron chi connectivity index (χ2n) is 4.75. The molecule has 3 aromatic rings.